The lowest BCUT2D eigenvalue weighted by Gasteiger charge is -2.22. The van der Waals surface area contributed by atoms with Crippen LogP contribution >= 0.6 is 0 Å². The number of hydrogen-bond acceptors (Lipinski definition) is 4. The molecule has 2 aromatic rings. The maximum absolute atomic E-state index is 12.2. The molecule has 2 aromatic carbocycles. The summed E-state index contributed by atoms with van der Waals surface area (Å²) < 4.78 is 32.1. The summed E-state index contributed by atoms with van der Waals surface area (Å²) in [6.45, 7) is 1.20. The van der Waals surface area contributed by atoms with Gasteiger partial charge in [-0.3, -0.25) is 4.99 Å². The van der Waals surface area contributed by atoms with Gasteiger partial charge in [-0.25, -0.2) is 13.1 Å². The lowest BCUT2D eigenvalue weighted by atomic mass is 10.2. The summed E-state index contributed by atoms with van der Waals surface area (Å²) in [6.07, 6.45) is 0. The van der Waals surface area contributed by atoms with E-state index in [-0.39, 0.29) is 18.8 Å². The van der Waals surface area contributed by atoms with Gasteiger partial charge in [0.2, 0.25) is 10.0 Å². The number of hydrogen-bond donors (Lipinski definition) is 2. The summed E-state index contributed by atoms with van der Waals surface area (Å²) >= 11 is 0. The van der Waals surface area contributed by atoms with Crippen molar-refractivity contribution < 1.29 is 13.2 Å². The smallest absolute Gasteiger partial charge is 0.213 e. The zero-order valence-electron chi connectivity index (χ0n) is 16.6. The largest absolute Gasteiger partial charge is 0.497 e. The highest BCUT2D eigenvalue weighted by Gasteiger charge is 2.12. The molecule has 152 valence electrons. The molecule has 0 fully saturated rings. The minimum atomic E-state index is -3.38. The molecular weight excluding hydrogens is 376 g/mol. The third-order valence-electron chi connectivity index (χ3n) is 4.15. The van der Waals surface area contributed by atoms with Gasteiger partial charge in [-0.15, -0.1) is 0 Å². The first kappa shape index (κ1) is 21.7. The Labute approximate surface area is 167 Å². The summed E-state index contributed by atoms with van der Waals surface area (Å²) in [7, 11) is 1.84. The number of nitrogens with one attached hydrogen (secondary N) is 2. The lowest BCUT2D eigenvalue weighted by Crippen LogP contribution is -2.41. The Bertz CT molecular complexity index is 853. The van der Waals surface area contributed by atoms with Crippen molar-refractivity contribution in [1.82, 2.24) is 14.9 Å². The fourth-order valence-electron chi connectivity index (χ4n) is 2.62. The Morgan fingerprint density at radius 2 is 1.75 bits per heavy atom. The molecule has 8 heteroatoms. The van der Waals surface area contributed by atoms with Crippen LogP contribution in [0.15, 0.2) is 59.6 Å². The van der Waals surface area contributed by atoms with E-state index in [0.717, 1.165) is 16.9 Å². The Balaban J connectivity index is 1.80. The van der Waals surface area contributed by atoms with Crippen LogP contribution in [0.3, 0.4) is 0 Å². The molecule has 0 saturated carbocycles. The van der Waals surface area contributed by atoms with Gasteiger partial charge in [0.15, 0.2) is 5.96 Å². The van der Waals surface area contributed by atoms with E-state index in [4.69, 9.17) is 4.74 Å². The Hall–Kier alpha value is -2.58. The third-order valence-corrected chi connectivity index (χ3v) is 5.47. The van der Waals surface area contributed by atoms with Gasteiger partial charge in [0.05, 0.1) is 12.9 Å². The van der Waals surface area contributed by atoms with E-state index in [1.54, 1.807) is 14.2 Å². The second-order valence-corrected chi connectivity index (χ2v) is 8.23. The van der Waals surface area contributed by atoms with Crippen LogP contribution in [-0.4, -0.2) is 52.8 Å². The molecule has 0 unspecified atom stereocenters. The summed E-state index contributed by atoms with van der Waals surface area (Å²) in [5, 5.41) is 3.10. The fourth-order valence-corrected chi connectivity index (χ4v) is 3.52. The van der Waals surface area contributed by atoms with E-state index >= 15 is 0 Å². The number of benzene rings is 2. The first-order valence-corrected chi connectivity index (χ1v) is 10.6. The summed E-state index contributed by atoms with van der Waals surface area (Å²) in [6, 6.07) is 17.2. The van der Waals surface area contributed by atoms with Crippen LogP contribution < -0.4 is 14.8 Å². The number of rotatable bonds is 9. The molecule has 0 aliphatic rings. The SMILES string of the molecule is CN=C(NCCS(=O)(=O)NCc1ccccc1)N(C)Cc1ccc(OC)cc1. The van der Waals surface area contributed by atoms with Gasteiger partial charge in [0.25, 0.3) is 0 Å². The fraction of sp³-hybridized carbons (Fsp3) is 0.350. The molecule has 0 radical (unpaired) electrons. The number of methoxy groups -OCH3 is 1. The molecule has 0 atom stereocenters. The molecule has 0 heterocycles. The Kier molecular flexibility index (Phi) is 8.28. The minimum Gasteiger partial charge on any atom is -0.497 e. The number of sulfonamides is 1. The Morgan fingerprint density at radius 3 is 2.36 bits per heavy atom. The minimum absolute atomic E-state index is 0.0325. The van der Waals surface area contributed by atoms with Crippen molar-refractivity contribution in [1.29, 1.82) is 0 Å². The average molecular weight is 405 g/mol. The quantitative estimate of drug-likeness (QED) is 0.492. The molecule has 2 N–H and O–H groups in total. The molecule has 0 saturated heterocycles. The molecule has 0 bridgehead atoms. The highest BCUT2D eigenvalue weighted by molar-refractivity contribution is 7.89. The van der Waals surface area contributed by atoms with E-state index in [9.17, 15) is 8.42 Å². The van der Waals surface area contributed by atoms with Gasteiger partial charge in [-0.1, -0.05) is 42.5 Å². The van der Waals surface area contributed by atoms with Crippen molar-refractivity contribution >= 4 is 16.0 Å². The van der Waals surface area contributed by atoms with Crippen LogP contribution in [0.1, 0.15) is 11.1 Å². The van der Waals surface area contributed by atoms with Gasteiger partial charge in [0.1, 0.15) is 5.75 Å². The maximum Gasteiger partial charge on any atom is 0.213 e. The third kappa shape index (κ3) is 7.21. The van der Waals surface area contributed by atoms with Crippen molar-refractivity contribution in [3.8, 4) is 5.75 Å². The molecule has 0 aromatic heterocycles. The second kappa shape index (κ2) is 10.7. The molecule has 7 nitrogen and oxygen atoms in total. The highest BCUT2D eigenvalue weighted by Crippen LogP contribution is 2.12. The van der Waals surface area contributed by atoms with Gasteiger partial charge in [-0.2, -0.15) is 0 Å². The zero-order valence-corrected chi connectivity index (χ0v) is 17.4. The van der Waals surface area contributed by atoms with Gasteiger partial charge < -0.3 is 15.0 Å². The zero-order chi connectivity index (χ0) is 20.4. The van der Waals surface area contributed by atoms with Gasteiger partial charge >= 0.3 is 0 Å². The first-order valence-electron chi connectivity index (χ1n) is 8.99. The second-order valence-electron chi connectivity index (χ2n) is 6.30. The molecule has 0 amide bonds. The Morgan fingerprint density at radius 1 is 1.07 bits per heavy atom. The van der Waals surface area contributed by atoms with Gasteiger partial charge in [-0.05, 0) is 23.3 Å². The molecular formula is C20H28N4O3S. The van der Waals surface area contributed by atoms with Crippen LogP contribution in [0.2, 0.25) is 0 Å². The summed E-state index contributed by atoms with van der Waals surface area (Å²) in [4.78, 5) is 6.16. The van der Waals surface area contributed by atoms with Crippen molar-refractivity contribution in [2.24, 2.45) is 4.99 Å². The van der Waals surface area contributed by atoms with E-state index in [1.807, 2.05) is 66.5 Å². The van der Waals surface area contributed by atoms with Gasteiger partial charge in [0, 0.05) is 33.7 Å². The summed E-state index contributed by atoms with van der Waals surface area (Å²) in [5.74, 6) is 1.41. The topological polar surface area (TPSA) is 83.0 Å². The molecule has 0 aliphatic heterocycles. The van der Waals surface area contributed by atoms with Crippen LogP contribution in [0.4, 0.5) is 0 Å². The molecule has 0 spiro atoms. The van der Waals surface area contributed by atoms with Crippen LogP contribution in [0.25, 0.3) is 0 Å². The summed E-state index contributed by atoms with van der Waals surface area (Å²) in [5.41, 5.74) is 2.03. The molecule has 2 rings (SSSR count). The number of guanidine groups is 1. The first-order chi connectivity index (χ1) is 13.4. The number of nitrogens with zero attached hydrogens (tertiary/aromatic N) is 2. The molecule has 28 heavy (non-hydrogen) atoms. The maximum atomic E-state index is 12.2. The highest BCUT2D eigenvalue weighted by atomic mass is 32.2. The van der Waals surface area contributed by atoms with Crippen molar-refractivity contribution in [3.63, 3.8) is 0 Å². The van der Waals surface area contributed by atoms with E-state index in [0.29, 0.717) is 12.5 Å². The van der Waals surface area contributed by atoms with Crippen molar-refractivity contribution in [2.45, 2.75) is 13.1 Å². The number of aliphatic imine (C=N–C) groups is 1. The van der Waals surface area contributed by atoms with Crippen LogP contribution in [0.5, 0.6) is 5.75 Å². The normalized spacial score (nSPS) is 11.9. The average Bonchev–Trinajstić information content (AvgIpc) is 2.71. The predicted molar refractivity (Wildman–Crippen MR) is 113 cm³/mol. The number of ether oxygens (including phenoxy) is 1. The van der Waals surface area contributed by atoms with Crippen molar-refractivity contribution in [2.75, 3.05) is 33.5 Å². The van der Waals surface area contributed by atoms with Crippen LogP contribution in [0, 0.1) is 0 Å². The molecule has 0 aliphatic carbocycles. The van der Waals surface area contributed by atoms with E-state index in [2.05, 4.69) is 15.0 Å². The lowest BCUT2D eigenvalue weighted by molar-refractivity contribution is 0.414. The standard InChI is InChI=1S/C20H28N4O3S/c1-21-20(24(2)16-18-9-11-19(27-3)12-10-18)22-13-14-28(25,26)23-15-17-7-5-4-6-8-17/h4-12,23H,13-16H2,1-3H3,(H,21,22). The van der Waals surface area contributed by atoms with Crippen molar-refractivity contribution in [3.05, 3.63) is 65.7 Å². The predicted octanol–water partition coefficient (Wildman–Crippen LogP) is 1.82. The van der Waals surface area contributed by atoms with E-state index in [1.165, 1.54) is 0 Å². The monoisotopic (exact) mass is 404 g/mol. The van der Waals surface area contributed by atoms with E-state index < -0.39 is 10.0 Å². The van der Waals surface area contributed by atoms with Crippen LogP contribution in [-0.2, 0) is 23.1 Å².